The van der Waals surface area contributed by atoms with Gasteiger partial charge in [0.1, 0.15) is 6.04 Å². The molecule has 8 heteroatoms. The lowest BCUT2D eigenvalue weighted by Crippen LogP contribution is -2.54. The second-order valence-electron chi connectivity index (χ2n) is 4.59. The van der Waals surface area contributed by atoms with E-state index in [1.165, 1.54) is 4.90 Å². The summed E-state index contributed by atoms with van der Waals surface area (Å²) in [7, 11) is 1.84. The van der Waals surface area contributed by atoms with E-state index in [1.807, 2.05) is 19.3 Å². The Kier molecular flexibility index (Phi) is 4.89. The summed E-state index contributed by atoms with van der Waals surface area (Å²) in [5.74, 6) is 0.276. The maximum atomic E-state index is 12.0. The fourth-order valence-electron chi connectivity index (χ4n) is 2.05. The number of carbonyl (C=O) groups is 2. The molecule has 2 amide bonds. The molecule has 1 fully saturated rings. The van der Waals surface area contributed by atoms with Crippen LogP contribution in [0.3, 0.4) is 0 Å². The molecule has 7 nitrogen and oxygen atoms in total. The quantitative estimate of drug-likeness (QED) is 0.827. The third-order valence-electron chi connectivity index (χ3n) is 3.10. The molecule has 0 radical (unpaired) electrons. The van der Waals surface area contributed by atoms with Gasteiger partial charge in [-0.05, 0) is 6.07 Å². The van der Waals surface area contributed by atoms with E-state index in [9.17, 15) is 9.59 Å². The van der Waals surface area contributed by atoms with Crippen LogP contribution in [0.4, 0.5) is 4.79 Å². The molecule has 20 heavy (non-hydrogen) atoms. The Hall–Kier alpha value is -1.70. The summed E-state index contributed by atoms with van der Waals surface area (Å²) < 4.78 is 1.71. The van der Waals surface area contributed by atoms with Crippen LogP contribution in [0.2, 0.25) is 0 Å². The number of aromatic nitrogens is 2. The number of thioether (sulfide) groups is 1. The van der Waals surface area contributed by atoms with Crippen molar-refractivity contribution in [3.63, 3.8) is 0 Å². The summed E-state index contributed by atoms with van der Waals surface area (Å²) >= 11 is 1.56. The lowest BCUT2D eigenvalue weighted by atomic mass is 10.3. The highest BCUT2D eigenvalue weighted by Crippen LogP contribution is 2.16. The van der Waals surface area contributed by atoms with Crippen molar-refractivity contribution < 1.29 is 14.7 Å². The number of aryl methyl sites for hydroxylation is 1. The normalized spacial score (nSPS) is 18.9. The number of hydrogen-bond donors (Lipinski definition) is 2. The largest absolute Gasteiger partial charge is 0.480 e. The monoisotopic (exact) mass is 298 g/mol. The van der Waals surface area contributed by atoms with Gasteiger partial charge in [-0.15, -0.1) is 0 Å². The number of nitrogens with zero attached hydrogens (tertiary/aromatic N) is 3. The molecule has 2 heterocycles. The minimum absolute atomic E-state index is 0.311. The lowest BCUT2D eigenvalue weighted by molar-refractivity contribution is -0.141. The highest BCUT2D eigenvalue weighted by atomic mass is 32.2. The first-order valence-corrected chi connectivity index (χ1v) is 7.57. The van der Waals surface area contributed by atoms with Crippen molar-refractivity contribution in [2.45, 2.75) is 12.5 Å². The molecule has 0 spiro atoms. The Bertz CT molecular complexity index is 491. The molecule has 2 rings (SSSR count). The molecule has 0 aromatic carbocycles. The van der Waals surface area contributed by atoms with Crippen LogP contribution >= 0.6 is 11.8 Å². The van der Waals surface area contributed by atoms with E-state index in [0.29, 0.717) is 25.3 Å². The number of aliphatic carboxylic acids is 1. The number of carboxylic acid groups (broad SMARTS) is 1. The maximum Gasteiger partial charge on any atom is 0.327 e. The van der Waals surface area contributed by atoms with Gasteiger partial charge in [0.2, 0.25) is 0 Å². The molecule has 1 saturated heterocycles. The standard InChI is InChI=1S/C12H18N4O3S/c1-15-5-3-9(14-15)2-4-13-12(19)16-6-7-20-8-10(16)11(17)18/h3,5,10H,2,4,6-8H2,1H3,(H,13,19)(H,17,18). The Morgan fingerprint density at radius 3 is 3.05 bits per heavy atom. The average molecular weight is 298 g/mol. The molecule has 0 bridgehead atoms. The van der Waals surface area contributed by atoms with Crippen LogP contribution < -0.4 is 5.32 Å². The maximum absolute atomic E-state index is 12.0. The van der Waals surface area contributed by atoms with Crippen molar-refractivity contribution in [2.75, 3.05) is 24.6 Å². The molecular formula is C12H18N4O3S. The van der Waals surface area contributed by atoms with Gasteiger partial charge in [0.05, 0.1) is 5.69 Å². The van der Waals surface area contributed by atoms with E-state index >= 15 is 0 Å². The summed E-state index contributed by atoms with van der Waals surface area (Å²) in [6.07, 6.45) is 2.48. The van der Waals surface area contributed by atoms with Gasteiger partial charge in [0, 0.05) is 44.3 Å². The molecule has 1 aromatic heterocycles. The summed E-state index contributed by atoms with van der Waals surface area (Å²) in [6.45, 7) is 0.920. The minimum atomic E-state index is -0.947. The van der Waals surface area contributed by atoms with Crippen molar-refractivity contribution in [1.29, 1.82) is 0 Å². The van der Waals surface area contributed by atoms with E-state index in [-0.39, 0.29) is 6.03 Å². The number of nitrogens with one attached hydrogen (secondary N) is 1. The smallest absolute Gasteiger partial charge is 0.327 e. The molecule has 0 saturated carbocycles. The number of hydrogen-bond acceptors (Lipinski definition) is 4. The molecule has 1 atom stereocenters. The van der Waals surface area contributed by atoms with Gasteiger partial charge in [0.15, 0.2) is 0 Å². The number of amides is 2. The topological polar surface area (TPSA) is 87.5 Å². The fraction of sp³-hybridized carbons (Fsp3) is 0.583. The summed E-state index contributed by atoms with van der Waals surface area (Å²) in [4.78, 5) is 24.5. The fourth-order valence-corrected chi connectivity index (χ4v) is 3.09. The predicted molar refractivity (Wildman–Crippen MR) is 75.8 cm³/mol. The molecule has 1 unspecified atom stereocenters. The van der Waals surface area contributed by atoms with Crippen LogP contribution in [0, 0.1) is 0 Å². The van der Waals surface area contributed by atoms with Gasteiger partial charge < -0.3 is 15.3 Å². The molecular weight excluding hydrogens is 280 g/mol. The second kappa shape index (κ2) is 6.65. The van der Waals surface area contributed by atoms with Crippen LogP contribution in [-0.4, -0.2) is 62.4 Å². The number of rotatable bonds is 4. The summed E-state index contributed by atoms with van der Waals surface area (Å²) in [5.41, 5.74) is 0.900. The first-order valence-electron chi connectivity index (χ1n) is 6.41. The van der Waals surface area contributed by atoms with Gasteiger partial charge in [-0.2, -0.15) is 16.9 Å². The summed E-state index contributed by atoms with van der Waals surface area (Å²) in [6, 6.07) is 0.848. The van der Waals surface area contributed by atoms with E-state index < -0.39 is 12.0 Å². The highest BCUT2D eigenvalue weighted by Gasteiger charge is 2.32. The zero-order chi connectivity index (χ0) is 14.5. The average Bonchev–Trinajstić information content (AvgIpc) is 2.84. The first-order chi connectivity index (χ1) is 9.58. The van der Waals surface area contributed by atoms with Crippen molar-refractivity contribution in [2.24, 2.45) is 7.05 Å². The molecule has 1 aromatic rings. The molecule has 1 aliphatic rings. The molecule has 2 N–H and O–H groups in total. The number of urea groups is 1. The third kappa shape index (κ3) is 3.66. The number of carboxylic acids is 1. The third-order valence-corrected chi connectivity index (χ3v) is 4.12. The van der Waals surface area contributed by atoms with Crippen molar-refractivity contribution in [3.05, 3.63) is 18.0 Å². The Morgan fingerprint density at radius 2 is 2.40 bits per heavy atom. The number of carbonyl (C=O) groups excluding carboxylic acids is 1. The van der Waals surface area contributed by atoms with E-state index in [0.717, 1.165) is 11.4 Å². The van der Waals surface area contributed by atoms with E-state index in [2.05, 4.69) is 10.4 Å². The zero-order valence-electron chi connectivity index (χ0n) is 11.3. The van der Waals surface area contributed by atoms with Crippen LogP contribution in [0.1, 0.15) is 5.69 Å². The highest BCUT2D eigenvalue weighted by molar-refractivity contribution is 7.99. The Balaban J connectivity index is 1.82. The van der Waals surface area contributed by atoms with Gasteiger partial charge >= 0.3 is 12.0 Å². The molecule has 1 aliphatic heterocycles. The predicted octanol–water partition coefficient (Wildman–Crippen LogP) is 0.174. The SMILES string of the molecule is Cn1ccc(CCNC(=O)N2CCSCC2C(=O)O)n1. The van der Waals surface area contributed by atoms with Crippen LogP contribution in [0.5, 0.6) is 0 Å². The molecule has 0 aliphatic carbocycles. The van der Waals surface area contributed by atoms with Crippen LogP contribution in [-0.2, 0) is 18.3 Å². The van der Waals surface area contributed by atoms with Crippen molar-refractivity contribution >= 4 is 23.8 Å². The van der Waals surface area contributed by atoms with Gasteiger partial charge in [-0.25, -0.2) is 9.59 Å². The lowest BCUT2D eigenvalue weighted by Gasteiger charge is -2.32. The van der Waals surface area contributed by atoms with Crippen LogP contribution in [0.25, 0.3) is 0 Å². The zero-order valence-corrected chi connectivity index (χ0v) is 12.1. The van der Waals surface area contributed by atoms with E-state index in [4.69, 9.17) is 5.11 Å². The Labute approximate surface area is 121 Å². The van der Waals surface area contributed by atoms with Gasteiger partial charge in [-0.3, -0.25) is 4.68 Å². The van der Waals surface area contributed by atoms with Gasteiger partial charge in [-0.1, -0.05) is 0 Å². The van der Waals surface area contributed by atoms with Crippen molar-refractivity contribution in [3.8, 4) is 0 Å². The minimum Gasteiger partial charge on any atom is -0.480 e. The van der Waals surface area contributed by atoms with Crippen LogP contribution in [0.15, 0.2) is 12.3 Å². The second-order valence-corrected chi connectivity index (χ2v) is 5.73. The Morgan fingerprint density at radius 1 is 1.60 bits per heavy atom. The van der Waals surface area contributed by atoms with Crippen molar-refractivity contribution in [1.82, 2.24) is 20.0 Å². The van der Waals surface area contributed by atoms with E-state index in [1.54, 1.807) is 16.4 Å². The summed E-state index contributed by atoms with van der Waals surface area (Å²) in [5, 5.41) is 16.1. The van der Waals surface area contributed by atoms with Gasteiger partial charge in [0.25, 0.3) is 0 Å². The first kappa shape index (κ1) is 14.7. The molecule has 110 valence electrons.